The van der Waals surface area contributed by atoms with Crippen molar-refractivity contribution in [2.24, 2.45) is 11.5 Å². The third-order valence-corrected chi connectivity index (χ3v) is 3.46. The van der Waals surface area contributed by atoms with Crippen LogP contribution in [0.5, 0.6) is 0 Å². The fourth-order valence-corrected chi connectivity index (χ4v) is 1.95. The number of carboxylic acids is 4. The van der Waals surface area contributed by atoms with Crippen molar-refractivity contribution in [1.29, 1.82) is 0 Å². The van der Waals surface area contributed by atoms with E-state index in [0.717, 1.165) is 12.8 Å². The molecule has 0 aromatic rings. The van der Waals surface area contributed by atoms with E-state index in [4.69, 9.17) is 31.9 Å². The average Bonchev–Trinajstić information content (AvgIpc) is 2.60. The molecule has 12 heteroatoms. The summed E-state index contributed by atoms with van der Waals surface area (Å²) in [6.07, 6.45) is 3.66. The number of nitrogens with two attached hydrogens (primary N) is 2. The molecule has 0 aromatic heterocycles. The van der Waals surface area contributed by atoms with Crippen molar-refractivity contribution in [1.82, 2.24) is 10.6 Å². The maximum absolute atomic E-state index is 10.6. The summed E-state index contributed by atoms with van der Waals surface area (Å²) in [7, 11) is 0. The maximum atomic E-state index is 10.6. The van der Waals surface area contributed by atoms with Gasteiger partial charge < -0.3 is 37.2 Å². The number of carboxylic acid groups (broad SMARTS) is 4. The maximum Gasteiger partial charge on any atom is 0.320 e. The minimum Gasteiger partial charge on any atom is -0.480 e. The molecule has 0 aliphatic heterocycles. The molecular weight excluding hydrogens is 376 g/mol. The molecule has 0 radical (unpaired) electrons. The molecule has 0 aromatic carbocycles. The van der Waals surface area contributed by atoms with Crippen LogP contribution in [0.2, 0.25) is 0 Å². The normalized spacial score (nSPS) is 12.4. The van der Waals surface area contributed by atoms with Crippen molar-refractivity contribution in [2.75, 3.05) is 26.2 Å². The lowest BCUT2D eigenvalue weighted by molar-refractivity contribution is -0.141. The second kappa shape index (κ2) is 18.1. The Morgan fingerprint density at radius 1 is 0.786 bits per heavy atom. The van der Waals surface area contributed by atoms with Gasteiger partial charge in [-0.15, -0.1) is 0 Å². The molecule has 0 aliphatic carbocycles. The third-order valence-electron chi connectivity index (χ3n) is 3.46. The fourth-order valence-electron chi connectivity index (χ4n) is 1.95. The van der Waals surface area contributed by atoms with Gasteiger partial charge in [0.15, 0.2) is 0 Å². The zero-order chi connectivity index (χ0) is 21.9. The summed E-state index contributed by atoms with van der Waals surface area (Å²) in [5.41, 5.74) is 10.5. The lowest BCUT2D eigenvalue weighted by atomic mass is 10.1. The van der Waals surface area contributed by atoms with Crippen molar-refractivity contribution in [3.05, 3.63) is 0 Å². The summed E-state index contributed by atoms with van der Waals surface area (Å²) in [4.78, 5) is 41.2. The SMILES string of the molecule is NCCCC[C@H](NCC(=O)O)C(=O)O.N[C@@H](CCCCNCC(=O)O)C(=O)O. The zero-order valence-electron chi connectivity index (χ0n) is 15.8. The first-order valence-corrected chi connectivity index (χ1v) is 8.90. The molecule has 0 saturated heterocycles. The van der Waals surface area contributed by atoms with Crippen molar-refractivity contribution in [3.63, 3.8) is 0 Å². The van der Waals surface area contributed by atoms with Gasteiger partial charge in [-0.25, -0.2) is 0 Å². The number of rotatable bonds is 16. The van der Waals surface area contributed by atoms with Crippen LogP contribution in [-0.4, -0.2) is 82.6 Å². The molecule has 0 spiro atoms. The Hall–Kier alpha value is -2.28. The van der Waals surface area contributed by atoms with Crippen molar-refractivity contribution >= 4 is 23.9 Å². The molecule has 0 unspecified atom stereocenters. The highest BCUT2D eigenvalue weighted by molar-refractivity contribution is 5.75. The van der Waals surface area contributed by atoms with E-state index in [9.17, 15) is 19.2 Å². The number of hydrogen-bond donors (Lipinski definition) is 8. The summed E-state index contributed by atoms with van der Waals surface area (Å²) in [5, 5.41) is 38.9. The Labute approximate surface area is 163 Å². The van der Waals surface area contributed by atoms with Crippen LogP contribution in [0.3, 0.4) is 0 Å². The second-order valence-corrected chi connectivity index (χ2v) is 5.96. The summed E-state index contributed by atoms with van der Waals surface area (Å²) in [6, 6.07) is -1.60. The lowest BCUT2D eigenvalue weighted by Gasteiger charge is -2.12. The first-order chi connectivity index (χ1) is 13.1. The molecule has 28 heavy (non-hydrogen) atoms. The van der Waals surface area contributed by atoms with E-state index in [1.54, 1.807) is 0 Å². The minimum absolute atomic E-state index is 0.0645. The van der Waals surface area contributed by atoms with Crippen molar-refractivity contribution in [2.45, 2.75) is 50.6 Å². The van der Waals surface area contributed by atoms with Gasteiger partial charge in [-0.3, -0.25) is 24.5 Å². The summed E-state index contributed by atoms with van der Waals surface area (Å²) < 4.78 is 0. The number of unbranched alkanes of at least 4 members (excludes halogenated alkanes) is 2. The molecule has 0 heterocycles. The van der Waals surface area contributed by atoms with Crippen LogP contribution in [0.4, 0.5) is 0 Å². The van der Waals surface area contributed by atoms with Crippen LogP contribution < -0.4 is 22.1 Å². The summed E-state index contributed by atoms with van der Waals surface area (Å²) >= 11 is 0. The Bertz CT molecular complexity index is 476. The summed E-state index contributed by atoms with van der Waals surface area (Å²) in [6.45, 7) is 0.689. The molecular formula is C16H32N4O8. The van der Waals surface area contributed by atoms with Gasteiger partial charge in [-0.1, -0.05) is 12.8 Å². The minimum atomic E-state index is -1.06. The van der Waals surface area contributed by atoms with E-state index >= 15 is 0 Å². The van der Waals surface area contributed by atoms with Gasteiger partial charge in [0.05, 0.1) is 13.1 Å². The smallest absolute Gasteiger partial charge is 0.320 e. The topological polar surface area (TPSA) is 225 Å². The lowest BCUT2D eigenvalue weighted by Crippen LogP contribution is -2.39. The predicted octanol–water partition coefficient (Wildman–Crippen LogP) is -1.51. The molecule has 0 aliphatic rings. The Balaban J connectivity index is 0. The van der Waals surface area contributed by atoms with E-state index in [1.165, 1.54) is 0 Å². The molecule has 0 rings (SSSR count). The second-order valence-electron chi connectivity index (χ2n) is 5.96. The largest absolute Gasteiger partial charge is 0.480 e. The Morgan fingerprint density at radius 2 is 1.36 bits per heavy atom. The van der Waals surface area contributed by atoms with E-state index in [1.807, 2.05) is 0 Å². The number of hydrogen-bond acceptors (Lipinski definition) is 8. The Morgan fingerprint density at radius 3 is 1.82 bits per heavy atom. The van der Waals surface area contributed by atoms with Crippen LogP contribution in [-0.2, 0) is 19.2 Å². The molecule has 12 nitrogen and oxygen atoms in total. The molecule has 2 atom stereocenters. The highest BCUT2D eigenvalue weighted by atomic mass is 16.4. The van der Waals surface area contributed by atoms with Crippen LogP contribution in [0.1, 0.15) is 38.5 Å². The van der Waals surface area contributed by atoms with E-state index in [-0.39, 0.29) is 13.1 Å². The first kappa shape index (κ1) is 27.9. The van der Waals surface area contributed by atoms with E-state index in [0.29, 0.717) is 38.8 Å². The van der Waals surface area contributed by atoms with Gasteiger partial charge in [0.2, 0.25) is 0 Å². The average molecular weight is 408 g/mol. The number of carbonyl (C=O) groups is 4. The summed E-state index contributed by atoms with van der Waals surface area (Å²) in [5.74, 6) is -3.98. The van der Waals surface area contributed by atoms with Gasteiger partial charge in [0.25, 0.3) is 0 Å². The molecule has 164 valence electrons. The van der Waals surface area contributed by atoms with Crippen molar-refractivity contribution < 1.29 is 39.6 Å². The monoisotopic (exact) mass is 408 g/mol. The van der Waals surface area contributed by atoms with Gasteiger partial charge in [0.1, 0.15) is 12.1 Å². The van der Waals surface area contributed by atoms with Gasteiger partial charge in [-0.2, -0.15) is 0 Å². The van der Waals surface area contributed by atoms with E-state index < -0.39 is 36.0 Å². The first-order valence-electron chi connectivity index (χ1n) is 8.90. The zero-order valence-corrected chi connectivity index (χ0v) is 15.8. The van der Waals surface area contributed by atoms with Crippen LogP contribution in [0, 0.1) is 0 Å². The van der Waals surface area contributed by atoms with Gasteiger partial charge in [0, 0.05) is 0 Å². The van der Waals surface area contributed by atoms with Gasteiger partial charge >= 0.3 is 23.9 Å². The molecule has 0 amide bonds. The van der Waals surface area contributed by atoms with E-state index in [2.05, 4.69) is 10.6 Å². The third kappa shape index (κ3) is 20.0. The van der Waals surface area contributed by atoms with Crippen LogP contribution >= 0.6 is 0 Å². The number of aliphatic carboxylic acids is 4. The molecule has 10 N–H and O–H groups in total. The molecule has 0 bridgehead atoms. The quantitative estimate of drug-likeness (QED) is 0.136. The Kier molecular flexibility index (Phi) is 18.1. The predicted molar refractivity (Wildman–Crippen MR) is 99.9 cm³/mol. The molecule has 0 fully saturated rings. The van der Waals surface area contributed by atoms with Gasteiger partial charge in [-0.05, 0) is 38.8 Å². The van der Waals surface area contributed by atoms with Crippen LogP contribution in [0.25, 0.3) is 0 Å². The molecule has 0 saturated carbocycles. The van der Waals surface area contributed by atoms with Crippen LogP contribution in [0.15, 0.2) is 0 Å². The fraction of sp³-hybridized carbons (Fsp3) is 0.750. The number of nitrogens with one attached hydrogen (secondary N) is 2. The van der Waals surface area contributed by atoms with Crippen molar-refractivity contribution in [3.8, 4) is 0 Å². The highest BCUT2D eigenvalue weighted by Gasteiger charge is 2.16. The highest BCUT2D eigenvalue weighted by Crippen LogP contribution is 2.00. The standard InChI is InChI=1S/2C8H16N2O4/c9-6(8(13)14)3-1-2-4-10-5-7(11)12;9-4-2-1-3-6(8(13)14)10-5-7(11)12/h2*6,10H,1-5,9H2,(H,11,12)(H,13,14)/t2*6-/m00/s1.